The fourth-order valence-corrected chi connectivity index (χ4v) is 3.27. The molecular weight excluding hydrogens is 421 g/mol. The van der Waals surface area contributed by atoms with Crippen molar-refractivity contribution in [2.45, 2.75) is 6.36 Å². The zero-order chi connectivity index (χ0) is 21.3. The zero-order valence-electron chi connectivity index (χ0n) is 14.7. The molecular formula is C20H9F3N2O4S. The Morgan fingerprint density at radius 2 is 2.00 bits per heavy atom. The standard InChI is InChI=1S/C20H9F3N2O4S/c21-20(22,23)29-14-3-1-2-11(6-14)4-5-12-9-24-10-13-7-15(28-17(12)13)8-16-18(26)25-19(27)30-16/h1-3,6-10H,(H,25,26,27)/b16-8-. The van der Waals surface area contributed by atoms with Crippen molar-refractivity contribution in [2.75, 3.05) is 0 Å². The molecule has 0 atom stereocenters. The lowest BCUT2D eigenvalue weighted by atomic mass is 10.2. The largest absolute Gasteiger partial charge is 0.573 e. The van der Waals surface area contributed by atoms with Gasteiger partial charge in [0.1, 0.15) is 11.5 Å². The predicted molar refractivity (Wildman–Crippen MR) is 102 cm³/mol. The molecule has 0 spiro atoms. The third kappa shape index (κ3) is 4.47. The van der Waals surface area contributed by atoms with E-state index in [0.717, 1.165) is 11.8 Å². The number of carbonyl (C=O) groups is 2. The van der Waals surface area contributed by atoms with Crippen molar-refractivity contribution >= 4 is 40.0 Å². The summed E-state index contributed by atoms with van der Waals surface area (Å²) in [4.78, 5) is 27.2. The van der Waals surface area contributed by atoms with Gasteiger partial charge in [0.25, 0.3) is 11.1 Å². The van der Waals surface area contributed by atoms with E-state index in [4.69, 9.17) is 4.42 Å². The average Bonchev–Trinajstić information content (AvgIpc) is 3.21. The van der Waals surface area contributed by atoms with Crippen LogP contribution in [0.4, 0.5) is 18.0 Å². The summed E-state index contributed by atoms with van der Waals surface area (Å²) in [5, 5.41) is 2.29. The summed E-state index contributed by atoms with van der Waals surface area (Å²) in [6.07, 6.45) is -0.372. The molecule has 0 unspecified atom stereocenters. The van der Waals surface area contributed by atoms with Crippen LogP contribution in [0.15, 0.2) is 52.0 Å². The summed E-state index contributed by atoms with van der Waals surface area (Å²) in [5.74, 6) is 5.01. The number of fused-ring (bicyclic) bond motifs is 1. The minimum absolute atomic E-state index is 0.195. The Morgan fingerprint density at radius 3 is 2.73 bits per heavy atom. The summed E-state index contributed by atoms with van der Waals surface area (Å²) < 4.78 is 46.7. The lowest BCUT2D eigenvalue weighted by molar-refractivity contribution is -0.274. The van der Waals surface area contributed by atoms with Gasteiger partial charge in [0.05, 0.1) is 10.5 Å². The molecule has 0 bridgehead atoms. The van der Waals surface area contributed by atoms with Crippen LogP contribution in [0, 0.1) is 11.8 Å². The molecule has 150 valence electrons. The highest BCUT2D eigenvalue weighted by molar-refractivity contribution is 8.18. The van der Waals surface area contributed by atoms with Crippen LogP contribution in [0.2, 0.25) is 0 Å². The number of furan rings is 1. The second-order valence-corrected chi connectivity index (χ2v) is 6.95. The van der Waals surface area contributed by atoms with Gasteiger partial charge in [-0.25, -0.2) is 0 Å². The molecule has 1 aromatic carbocycles. The number of hydrogen-bond acceptors (Lipinski definition) is 6. The fraction of sp³-hybridized carbons (Fsp3) is 0.0500. The number of nitrogens with one attached hydrogen (secondary N) is 1. The molecule has 1 saturated heterocycles. The van der Waals surface area contributed by atoms with Crippen LogP contribution in [-0.2, 0) is 4.79 Å². The van der Waals surface area contributed by atoms with Gasteiger partial charge < -0.3 is 9.15 Å². The molecule has 2 amide bonds. The first kappa shape index (κ1) is 19.6. The number of aromatic nitrogens is 1. The van der Waals surface area contributed by atoms with E-state index in [-0.39, 0.29) is 10.7 Å². The van der Waals surface area contributed by atoms with Crippen LogP contribution in [0.1, 0.15) is 16.9 Å². The lowest BCUT2D eigenvalue weighted by Crippen LogP contribution is -2.17. The highest BCUT2D eigenvalue weighted by Gasteiger charge is 2.31. The summed E-state index contributed by atoms with van der Waals surface area (Å²) in [6.45, 7) is 0. The normalized spacial score (nSPS) is 15.2. The Labute approximate surface area is 171 Å². The van der Waals surface area contributed by atoms with Gasteiger partial charge in [-0.3, -0.25) is 19.9 Å². The van der Waals surface area contributed by atoms with E-state index >= 15 is 0 Å². The number of imide groups is 1. The van der Waals surface area contributed by atoms with Gasteiger partial charge in [-0.05, 0) is 36.0 Å². The van der Waals surface area contributed by atoms with Crippen LogP contribution >= 0.6 is 11.8 Å². The quantitative estimate of drug-likeness (QED) is 0.478. The Balaban J connectivity index is 1.65. The molecule has 30 heavy (non-hydrogen) atoms. The van der Waals surface area contributed by atoms with Crippen molar-refractivity contribution in [1.29, 1.82) is 0 Å². The maximum absolute atomic E-state index is 12.4. The molecule has 1 fully saturated rings. The number of carbonyl (C=O) groups excluding carboxylic acids is 2. The highest BCUT2D eigenvalue weighted by atomic mass is 32.2. The number of ether oxygens (including phenoxy) is 1. The van der Waals surface area contributed by atoms with Gasteiger partial charge in [0, 0.05) is 29.4 Å². The Hall–Kier alpha value is -3.71. The first-order valence-corrected chi connectivity index (χ1v) is 9.09. The number of halogens is 3. The zero-order valence-corrected chi connectivity index (χ0v) is 15.6. The van der Waals surface area contributed by atoms with E-state index in [9.17, 15) is 22.8 Å². The summed E-state index contributed by atoms with van der Waals surface area (Å²) in [6, 6.07) is 6.91. The van der Waals surface area contributed by atoms with E-state index in [1.807, 2.05) is 0 Å². The van der Waals surface area contributed by atoms with Crippen LogP contribution in [0.3, 0.4) is 0 Å². The number of amides is 2. The number of pyridine rings is 1. The summed E-state index contributed by atoms with van der Waals surface area (Å²) in [5.41, 5.74) is 1.10. The monoisotopic (exact) mass is 430 g/mol. The summed E-state index contributed by atoms with van der Waals surface area (Å²) >= 11 is 0.761. The number of nitrogens with zero attached hydrogens (tertiary/aromatic N) is 1. The number of alkyl halides is 3. The van der Waals surface area contributed by atoms with Gasteiger partial charge >= 0.3 is 6.36 Å². The number of rotatable bonds is 2. The number of benzene rings is 1. The molecule has 0 radical (unpaired) electrons. The molecule has 10 heteroatoms. The number of thioether (sulfide) groups is 1. The van der Waals surface area contributed by atoms with E-state index in [2.05, 4.69) is 26.9 Å². The molecule has 1 aliphatic heterocycles. The van der Waals surface area contributed by atoms with E-state index in [1.165, 1.54) is 42.7 Å². The predicted octanol–water partition coefficient (Wildman–Crippen LogP) is 4.45. The molecule has 0 aliphatic carbocycles. The highest BCUT2D eigenvalue weighted by Crippen LogP contribution is 2.29. The van der Waals surface area contributed by atoms with Crippen molar-refractivity contribution in [3.63, 3.8) is 0 Å². The average molecular weight is 430 g/mol. The van der Waals surface area contributed by atoms with Gasteiger partial charge in [0.2, 0.25) is 0 Å². The second-order valence-electron chi connectivity index (χ2n) is 5.93. The summed E-state index contributed by atoms with van der Waals surface area (Å²) in [7, 11) is 0. The van der Waals surface area contributed by atoms with Gasteiger partial charge in [-0.15, -0.1) is 13.2 Å². The van der Waals surface area contributed by atoms with Crippen molar-refractivity contribution in [3.05, 3.63) is 64.5 Å². The third-order valence-electron chi connectivity index (χ3n) is 3.77. The minimum atomic E-state index is -4.79. The van der Waals surface area contributed by atoms with Gasteiger partial charge in [-0.2, -0.15) is 0 Å². The molecule has 3 aromatic rings. The van der Waals surface area contributed by atoms with E-state index in [1.54, 1.807) is 6.07 Å². The van der Waals surface area contributed by atoms with Crippen LogP contribution < -0.4 is 10.1 Å². The molecule has 0 saturated carbocycles. The fourth-order valence-electron chi connectivity index (χ4n) is 2.60. The van der Waals surface area contributed by atoms with Crippen molar-refractivity contribution in [2.24, 2.45) is 0 Å². The molecule has 1 N–H and O–H groups in total. The van der Waals surface area contributed by atoms with E-state index < -0.39 is 17.5 Å². The SMILES string of the molecule is O=C1NC(=O)/C(=C/c2cc3cncc(C#Cc4cccc(OC(F)(F)F)c4)c3o2)S1. The molecule has 2 aromatic heterocycles. The van der Waals surface area contributed by atoms with Crippen LogP contribution in [-0.4, -0.2) is 22.5 Å². The third-order valence-corrected chi connectivity index (χ3v) is 4.58. The van der Waals surface area contributed by atoms with Crippen LogP contribution in [0.25, 0.3) is 17.0 Å². The maximum Gasteiger partial charge on any atom is 0.573 e. The van der Waals surface area contributed by atoms with E-state index in [0.29, 0.717) is 27.9 Å². The molecule has 1 aliphatic rings. The molecule has 3 heterocycles. The Kier molecular flexibility index (Phi) is 4.97. The van der Waals surface area contributed by atoms with Crippen LogP contribution in [0.5, 0.6) is 5.75 Å². The lowest BCUT2D eigenvalue weighted by Gasteiger charge is -2.08. The van der Waals surface area contributed by atoms with Crippen molar-refractivity contribution in [3.8, 4) is 17.6 Å². The topological polar surface area (TPSA) is 81.4 Å². The molecule has 4 rings (SSSR count). The maximum atomic E-state index is 12.4. The van der Waals surface area contributed by atoms with Gasteiger partial charge in [0.15, 0.2) is 5.58 Å². The first-order chi connectivity index (χ1) is 14.3. The Morgan fingerprint density at radius 1 is 1.17 bits per heavy atom. The first-order valence-electron chi connectivity index (χ1n) is 8.27. The second kappa shape index (κ2) is 7.61. The molecule has 6 nitrogen and oxygen atoms in total. The minimum Gasteiger partial charge on any atom is -0.455 e. The smallest absolute Gasteiger partial charge is 0.455 e. The number of hydrogen-bond donors (Lipinski definition) is 1. The Bertz CT molecular complexity index is 1270. The van der Waals surface area contributed by atoms with Gasteiger partial charge in [-0.1, -0.05) is 17.9 Å². The van der Waals surface area contributed by atoms with Crippen molar-refractivity contribution < 1.29 is 31.9 Å². The van der Waals surface area contributed by atoms with Crippen molar-refractivity contribution in [1.82, 2.24) is 10.3 Å².